The van der Waals surface area contributed by atoms with Gasteiger partial charge in [-0.25, -0.2) is 4.79 Å². The molecule has 0 bridgehead atoms. The molecule has 1 aliphatic rings. The third-order valence-electron chi connectivity index (χ3n) is 2.66. The van der Waals surface area contributed by atoms with Crippen molar-refractivity contribution in [1.29, 1.82) is 0 Å². The molecule has 1 unspecified atom stereocenters. The summed E-state index contributed by atoms with van der Waals surface area (Å²) in [6.45, 7) is 6.75. The molecule has 88 valence electrons. The Hall–Kier alpha value is -0.610. The van der Waals surface area contributed by atoms with Crippen molar-refractivity contribution in [3.63, 3.8) is 0 Å². The summed E-state index contributed by atoms with van der Waals surface area (Å²) in [5.41, 5.74) is 0. The Bertz CT molecular complexity index is 190. The van der Waals surface area contributed by atoms with Gasteiger partial charge in [-0.15, -0.1) is 0 Å². The Labute approximate surface area is 91.3 Å². The smallest absolute Gasteiger partial charge is 0.334 e. The highest BCUT2D eigenvalue weighted by atomic mass is 16.6. The molecule has 0 aliphatic carbocycles. The first-order valence-corrected chi connectivity index (χ1v) is 5.73. The van der Waals surface area contributed by atoms with Crippen molar-refractivity contribution in [1.82, 2.24) is 5.32 Å². The number of piperidine rings is 1. The summed E-state index contributed by atoms with van der Waals surface area (Å²) in [6, 6.07) is 0. The molecule has 0 aromatic carbocycles. The van der Waals surface area contributed by atoms with E-state index in [-0.39, 0.29) is 5.97 Å². The number of hydrogen-bond donors (Lipinski definition) is 1. The van der Waals surface area contributed by atoms with Crippen LogP contribution in [0.2, 0.25) is 0 Å². The number of carbonyl (C=O) groups is 1. The van der Waals surface area contributed by atoms with E-state index in [1.54, 1.807) is 13.8 Å². The van der Waals surface area contributed by atoms with E-state index in [9.17, 15) is 4.79 Å². The van der Waals surface area contributed by atoms with Crippen molar-refractivity contribution < 1.29 is 14.3 Å². The minimum absolute atomic E-state index is 0.258. The normalized spacial score (nSPS) is 19.9. The molecule has 15 heavy (non-hydrogen) atoms. The molecule has 0 aromatic heterocycles. The molecule has 1 heterocycles. The van der Waals surface area contributed by atoms with Gasteiger partial charge in [-0.05, 0) is 45.7 Å². The number of rotatable bonds is 5. The number of carbonyl (C=O) groups excluding carboxylic acids is 1. The number of esters is 1. The Morgan fingerprint density at radius 2 is 2.13 bits per heavy atom. The fourth-order valence-electron chi connectivity index (χ4n) is 1.66. The molecule has 1 fully saturated rings. The van der Waals surface area contributed by atoms with Gasteiger partial charge in [0.2, 0.25) is 0 Å². The molecule has 4 nitrogen and oxygen atoms in total. The van der Waals surface area contributed by atoms with Crippen LogP contribution in [0.25, 0.3) is 0 Å². The second-order valence-corrected chi connectivity index (χ2v) is 3.92. The molecular formula is C11H21NO3. The van der Waals surface area contributed by atoms with Crippen molar-refractivity contribution in [3.8, 4) is 0 Å². The largest absolute Gasteiger partial charge is 0.464 e. The highest BCUT2D eigenvalue weighted by Gasteiger charge is 2.18. The van der Waals surface area contributed by atoms with Crippen LogP contribution in [0, 0.1) is 5.92 Å². The molecule has 0 aromatic rings. The summed E-state index contributed by atoms with van der Waals surface area (Å²) in [5, 5.41) is 3.30. The number of nitrogens with one attached hydrogen (secondary N) is 1. The predicted molar refractivity (Wildman–Crippen MR) is 57.6 cm³/mol. The van der Waals surface area contributed by atoms with Gasteiger partial charge in [-0.3, -0.25) is 0 Å². The number of ether oxygens (including phenoxy) is 2. The lowest BCUT2D eigenvalue weighted by atomic mass is 9.99. The highest BCUT2D eigenvalue weighted by Crippen LogP contribution is 2.12. The van der Waals surface area contributed by atoms with Crippen LogP contribution in [0.1, 0.15) is 26.7 Å². The second-order valence-electron chi connectivity index (χ2n) is 3.92. The zero-order valence-corrected chi connectivity index (χ0v) is 9.62. The Morgan fingerprint density at radius 3 is 2.73 bits per heavy atom. The van der Waals surface area contributed by atoms with Crippen molar-refractivity contribution in [3.05, 3.63) is 0 Å². The van der Waals surface area contributed by atoms with E-state index in [0.717, 1.165) is 25.9 Å². The molecule has 0 saturated carbocycles. The van der Waals surface area contributed by atoms with E-state index < -0.39 is 6.10 Å². The van der Waals surface area contributed by atoms with Gasteiger partial charge in [0.1, 0.15) is 0 Å². The monoisotopic (exact) mass is 215 g/mol. The van der Waals surface area contributed by atoms with Crippen LogP contribution in [-0.2, 0) is 14.3 Å². The Balaban J connectivity index is 2.14. The van der Waals surface area contributed by atoms with Crippen molar-refractivity contribution >= 4 is 5.97 Å². The van der Waals surface area contributed by atoms with E-state index in [1.807, 2.05) is 0 Å². The van der Waals surface area contributed by atoms with Crippen LogP contribution in [0.5, 0.6) is 0 Å². The lowest BCUT2D eigenvalue weighted by Crippen LogP contribution is -2.32. The van der Waals surface area contributed by atoms with Crippen LogP contribution >= 0.6 is 0 Å². The SMILES string of the molecule is CCOC(=O)C(C)OCC1CCNCC1. The first kappa shape index (κ1) is 12.5. The van der Waals surface area contributed by atoms with Crippen LogP contribution < -0.4 is 5.32 Å². The summed E-state index contributed by atoms with van der Waals surface area (Å²) in [4.78, 5) is 11.3. The third-order valence-corrected chi connectivity index (χ3v) is 2.66. The molecule has 0 amide bonds. The predicted octanol–water partition coefficient (Wildman–Crippen LogP) is 0.954. The highest BCUT2D eigenvalue weighted by molar-refractivity contribution is 5.74. The quantitative estimate of drug-likeness (QED) is 0.694. The summed E-state index contributed by atoms with van der Waals surface area (Å²) < 4.78 is 10.4. The summed E-state index contributed by atoms with van der Waals surface area (Å²) in [7, 11) is 0. The van der Waals surface area contributed by atoms with E-state index >= 15 is 0 Å². The van der Waals surface area contributed by atoms with Crippen LogP contribution in [-0.4, -0.2) is 38.4 Å². The molecule has 1 N–H and O–H groups in total. The van der Waals surface area contributed by atoms with Gasteiger partial charge in [0.15, 0.2) is 6.10 Å². The average molecular weight is 215 g/mol. The minimum Gasteiger partial charge on any atom is -0.464 e. The van der Waals surface area contributed by atoms with Gasteiger partial charge >= 0.3 is 5.97 Å². The van der Waals surface area contributed by atoms with E-state index in [2.05, 4.69) is 5.32 Å². The molecule has 1 saturated heterocycles. The van der Waals surface area contributed by atoms with Gasteiger partial charge in [-0.1, -0.05) is 0 Å². The molecule has 4 heteroatoms. The first-order chi connectivity index (χ1) is 7.24. The molecule has 1 aliphatic heterocycles. The Kier molecular flexibility index (Phi) is 5.65. The summed E-state index contributed by atoms with van der Waals surface area (Å²) in [6.07, 6.45) is 1.84. The summed E-state index contributed by atoms with van der Waals surface area (Å²) >= 11 is 0. The summed E-state index contributed by atoms with van der Waals surface area (Å²) in [5.74, 6) is 0.328. The van der Waals surface area contributed by atoms with Gasteiger partial charge < -0.3 is 14.8 Å². The van der Waals surface area contributed by atoms with Gasteiger partial charge in [0, 0.05) is 0 Å². The van der Waals surface area contributed by atoms with Crippen LogP contribution in [0.3, 0.4) is 0 Å². The molecule has 1 atom stereocenters. The average Bonchev–Trinajstić information content (AvgIpc) is 2.27. The Morgan fingerprint density at radius 1 is 1.47 bits per heavy atom. The fourth-order valence-corrected chi connectivity index (χ4v) is 1.66. The van der Waals surface area contributed by atoms with E-state index in [4.69, 9.17) is 9.47 Å². The van der Waals surface area contributed by atoms with Crippen molar-refractivity contribution in [2.45, 2.75) is 32.8 Å². The lowest BCUT2D eigenvalue weighted by molar-refractivity contribution is -0.156. The van der Waals surface area contributed by atoms with Crippen LogP contribution in [0.4, 0.5) is 0 Å². The van der Waals surface area contributed by atoms with Gasteiger partial charge in [-0.2, -0.15) is 0 Å². The van der Waals surface area contributed by atoms with Crippen molar-refractivity contribution in [2.75, 3.05) is 26.3 Å². The van der Waals surface area contributed by atoms with Crippen LogP contribution in [0.15, 0.2) is 0 Å². The zero-order valence-electron chi connectivity index (χ0n) is 9.62. The molecule has 0 radical (unpaired) electrons. The maximum atomic E-state index is 11.3. The molecular weight excluding hydrogens is 194 g/mol. The first-order valence-electron chi connectivity index (χ1n) is 5.73. The van der Waals surface area contributed by atoms with Gasteiger partial charge in [0.05, 0.1) is 13.2 Å². The topological polar surface area (TPSA) is 47.6 Å². The van der Waals surface area contributed by atoms with E-state index in [0.29, 0.717) is 19.1 Å². The maximum absolute atomic E-state index is 11.3. The second kappa shape index (κ2) is 6.80. The molecule has 1 rings (SSSR count). The van der Waals surface area contributed by atoms with E-state index in [1.165, 1.54) is 0 Å². The number of hydrogen-bond acceptors (Lipinski definition) is 4. The molecule has 0 spiro atoms. The third kappa shape index (κ3) is 4.62. The zero-order chi connectivity index (χ0) is 11.1. The van der Waals surface area contributed by atoms with Gasteiger partial charge in [0.25, 0.3) is 0 Å². The maximum Gasteiger partial charge on any atom is 0.334 e. The van der Waals surface area contributed by atoms with Crippen molar-refractivity contribution in [2.24, 2.45) is 5.92 Å². The standard InChI is InChI=1S/C11H21NO3/c1-3-14-11(13)9(2)15-8-10-4-6-12-7-5-10/h9-10,12H,3-8H2,1-2H3. The fraction of sp³-hybridized carbons (Fsp3) is 0.909. The minimum atomic E-state index is -0.431. The lowest BCUT2D eigenvalue weighted by Gasteiger charge is -2.23.